The van der Waals surface area contributed by atoms with E-state index in [2.05, 4.69) is 16.0 Å². The highest BCUT2D eigenvalue weighted by Crippen LogP contribution is 2.28. The highest BCUT2D eigenvalue weighted by Gasteiger charge is 2.29. The van der Waals surface area contributed by atoms with E-state index in [1.54, 1.807) is 0 Å². The number of carbonyl (C=O) groups excluding carboxylic acids is 1. The third kappa shape index (κ3) is 4.46. The Labute approximate surface area is 164 Å². The van der Waals surface area contributed by atoms with Crippen molar-refractivity contribution in [1.82, 2.24) is 10.6 Å². The summed E-state index contributed by atoms with van der Waals surface area (Å²) in [5, 5.41) is 9.73. The number of ether oxygens (including phenoxy) is 1. The summed E-state index contributed by atoms with van der Waals surface area (Å²) < 4.78 is 5.44. The SMILES string of the molecule is CCOc1ccc(NC(=O)C2=C(C)NC(=S)N[C@@H]2c2ccc(C)cc2)cc1. The van der Waals surface area contributed by atoms with E-state index in [1.807, 2.05) is 69.3 Å². The first-order chi connectivity index (χ1) is 13.0. The lowest BCUT2D eigenvalue weighted by atomic mass is 9.94. The Morgan fingerprint density at radius 2 is 1.78 bits per heavy atom. The molecule has 140 valence electrons. The minimum atomic E-state index is -0.304. The maximum absolute atomic E-state index is 13.0. The number of amides is 1. The van der Waals surface area contributed by atoms with Crippen molar-refractivity contribution in [3.05, 3.63) is 70.9 Å². The molecule has 2 aromatic carbocycles. The van der Waals surface area contributed by atoms with Crippen LogP contribution in [0.25, 0.3) is 0 Å². The van der Waals surface area contributed by atoms with E-state index in [4.69, 9.17) is 17.0 Å². The molecule has 0 aliphatic carbocycles. The van der Waals surface area contributed by atoms with E-state index in [9.17, 15) is 4.79 Å². The van der Waals surface area contributed by atoms with Crippen LogP contribution in [-0.4, -0.2) is 17.6 Å². The summed E-state index contributed by atoms with van der Waals surface area (Å²) in [6.07, 6.45) is 0. The summed E-state index contributed by atoms with van der Waals surface area (Å²) in [6.45, 7) is 6.43. The second kappa shape index (κ2) is 8.22. The molecule has 1 aliphatic rings. The van der Waals surface area contributed by atoms with Gasteiger partial charge in [-0.2, -0.15) is 0 Å². The van der Waals surface area contributed by atoms with Gasteiger partial charge in [-0.3, -0.25) is 4.79 Å². The smallest absolute Gasteiger partial charge is 0.255 e. The predicted octanol–water partition coefficient (Wildman–Crippen LogP) is 3.83. The van der Waals surface area contributed by atoms with Crippen molar-refractivity contribution in [2.75, 3.05) is 11.9 Å². The number of benzene rings is 2. The van der Waals surface area contributed by atoms with Gasteiger partial charge in [-0.15, -0.1) is 0 Å². The van der Waals surface area contributed by atoms with Crippen LogP contribution in [0.5, 0.6) is 5.75 Å². The highest BCUT2D eigenvalue weighted by molar-refractivity contribution is 7.80. The van der Waals surface area contributed by atoms with Crippen LogP contribution in [0.15, 0.2) is 59.8 Å². The van der Waals surface area contributed by atoms with Gasteiger partial charge in [0, 0.05) is 11.4 Å². The van der Waals surface area contributed by atoms with Crippen molar-refractivity contribution in [3.63, 3.8) is 0 Å². The zero-order valence-electron chi connectivity index (χ0n) is 15.6. The summed E-state index contributed by atoms with van der Waals surface area (Å²) >= 11 is 5.29. The second-order valence-electron chi connectivity index (χ2n) is 6.39. The molecule has 1 amide bonds. The summed E-state index contributed by atoms with van der Waals surface area (Å²) in [7, 11) is 0. The van der Waals surface area contributed by atoms with Gasteiger partial charge in [-0.25, -0.2) is 0 Å². The molecule has 1 aliphatic heterocycles. The Morgan fingerprint density at radius 1 is 1.11 bits per heavy atom. The molecule has 0 saturated heterocycles. The molecule has 0 saturated carbocycles. The topological polar surface area (TPSA) is 62.4 Å². The third-order valence-corrected chi connectivity index (χ3v) is 4.57. The number of thiocarbonyl (C=S) groups is 1. The van der Waals surface area contributed by atoms with Gasteiger partial charge in [-0.05, 0) is 62.8 Å². The monoisotopic (exact) mass is 381 g/mol. The molecule has 5 nitrogen and oxygen atoms in total. The van der Waals surface area contributed by atoms with Gasteiger partial charge in [0.15, 0.2) is 5.11 Å². The molecule has 0 unspecified atom stereocenters. The Morgan fingerprint density at radius 3 is 2.41 bits per heavy atom. The Hall–Kier alpha value is -2.86. The molecule has 0 spiro atoms. The maximum Gasteiger partial charge on any atom is 0.255 e. The predicted molar refractivity (Wildman–Crippen MR) is 112 cm³/mol. The number of aryl methyl sites for hydroxylation is 1. The molecule has 3 N–H and O–H groups in total. The normalized spacial score (nSPS) is 16.4. The van der Waals surface area contributed by atoms with Crippen LogP contribution in [0, 0.1) is 6.92 Å². The maximum atomic E-state index is 13.0. The van der Waals surface area contributed by atoms with Crippen LogP contribution in [0.3, 0.4) is 0 Å². The van der Waals surface area contributed by atoms with Gasteiger partial charge < -0.3 is 20.7 Å². The van der Waals surface area contributed by atoms with Crippen LogP contribution < -0.4 is 20.7 Å². The van der Waals surface area contributed by atoms with Crippen molar-refractivity contribution in [2.45, 2.75) is 26.8 Å². The van der Waals surface area contributed by atoms with Crippen LogP contribution in [0.2, 0.25) is 0 Å². The van der Waals surface area contributed by atoms with Crippen LogP contribution in [0.4, 0.5) is 5.69 Å². The summed E-state index contributed by atoms with van der Waals surface area (Å²) in [6, 6.07) is 15.1. The van der Waals surface area contributed by atoms with Crippen LogP contribution in [-0.2, 0) is 4.79 Å². The molecular formula is C21H23N3O2S. The number of anilines is 1. The Kier molecular flexibility index (Phi) is 5.76. The zero-order valence-corrected chi connectivity index (χ0v) is 16.4. The van der Waals surface area contributed by atoms with Crippen molar-refractivity contribution < 1.29 is 9.53 Å². The van der Waals surface area contributed by atoms with E-state index >= 15 is 0 Å². The van der Waals surface area contributed by atoms with Crippen molar-refractivity contribution >= 4 is 28.9 Å². The van der Waals surface area contributed by atoms with Gasteiger partial charge in [0.25, 0.3) is 5.91 Å². The van der Waals surface area contributed by atoms with Crippen LogP contribution >= 0.6 is 12.2 Å². The minimum Gasteiger partial charge on any atom is -0.494 e. The van der Waals surface area contributed by atoms with Gasteiger partial charge in [-0.1, -0.05) is 29.8 Å². The number of hydrogen-bond donors (Lipinski definition) is 3. The van der Waals surface area contributed by atoms with Crippen molar-refractivity contribution in [3.8, 4) is 5.75 Å². The molecule has 0 bridgehead atoms. The van der Waals surface area contributed by atoms with Crippen LogP contribution in [0.1, 0.15) is 31.0 Å². The number of rotatable bonds is 5. The Balaban J connectivity index is 1.86. The van der Waals surface area contributed by atoms with Gasteiger partial charge in [0.05, 0.1) is 18.2 Å². The lowest BCUT2D eigenvalue weighted by molar-refractivity contribution is -0.113. The lowest BCUT2D eigenvalue weighted by Crippen LogP contribution is -2.45. The number of carbonyl (C=O) groups is 1. The molecular weight excluding hydrogens is 358 g/mol. The van der Waals surface area contributed by atoms with E-state index < -0.39 is 0 Å². The first-order valence-electron chi connectivity index (χ1n) is 8.87. The average Bonchev–Trinajstić information content (AvgIpc) is 2.63. The minimum absolute atomic E-state index is 0.176. The molecule has 0 radical (unpaired) electrons. The van der Waals surface area contributed by atoms with Crippen molar-refractivity contribution in [2.24, 2.45) is 0 Å². The van der Waals surface area contributed by atoms with Gasteiger partial charge >= 0.3 is 0 Å². The fourth-order valence-electron chi connectivity index (χ4n) is 3.00. The highest BCUT2D eigenvalue weighted by atomic mass is 32.1. The van der Waals surface area contributed by atoms with Crippen molar-refractivity contribution in [1.29, 1.82) is 0 Å². The Bertz CT molecular complexity index is 873. The first-order valence-corrected chi connectivity index (χ1v) is 9.28. The first kappa shape index (κ1) is 18.9. The summed E-state index contributed by atoms with van der Waals surface area (Å²) in [5.41, 5.74) is 4.21. The molecule has 27 heavy (non-hydrogen) atoms. The molecule has 0 aromatic heterocycles. The van der Waals surface area contributed by atoms with Gasteiger partial charge in [0.2, 0.25) is 0 Å². The average molecular weight is 382 g/mol. The van der Waals surface area contributed by atoms with Gasteiger partial charge in [0.1, 0.15) is 5.75 Å². The third-order valence-electron chi connectivity index (χ3n) is 4.35. The number of hydrogen-bond acceptors (Lipinski definition) is 3. The van der Waals surface area contributed by atoms with E-state index in [0.29, 0.717) is 23.0 Å². The molecule has 1 atom stereocenters. The van der Waals surface area contributed by atoms with E-state index in [0.717, 1.165) is 22.6 Å². The second-order valence-corrected chi connectivity index (χ2v) is 6.80. The quantitative estimate of drug-likeness (QED) is 0.687. The zero-order chi connectivity index (χ0) is 19.4. The summed E-state index contributed by atoms with van der Waals surface area (Å²) in [4.78, 5) is 13.0. The molecule has 6 heteroatoms. The van der Waals surface area contributed by atoms with E-state index in [1.165, 1.54) is 0 Å². The summed E-state index contributed by atoms with van der Waals surface area (Å²) in [5.74, 6) is 0.597. The molecule has 1 heterocycles. The molecule has 0 fully saturated rings. The number of nitrogens with one attached hydrogen (secondary N) is 3. The molecule has 3 rings (SSSR count). The largest absolute Gasteiger partial charge is 0.494 e. The standard InChI is InChI=1S/C21H23N3O2S/c1-4-26-17-11-9-16(10-12-17)23-20(25)18-14(3)22-21(27)24-19(18)15-7-5-13(2)6-8-15/h5-12,19H,4H2,1-3H3,(H,23,25)(H2,22,24,27)/t19-/m1/s1. The van der Waals surface area contributed by atoms with E-state index in [-0.39, 0.29) is 11.9 Å². The number of allylic oxidation sites excluding steroid dienone is 1. The molecule has 2 aromatic rings. The lowest BCUT2D eigenvalue weighted by Gasteiger charge is -2.30. The fraction of sp³-hybridized carbons (Fsp3) is 0.238. The fourth-order valence-corrected chi connectivity index (χ4v) is 3.27.